The van der Waals surface area contributed by atoms with Gasteiger partial charge in [-0.25, -0.2) is 0 Å². The highest BCUT2D eigenvalue weighted by atomic mass is 16.2. The van der Waals surface area contributed by atoms with Crippen LogP contribution in [0.5, 0.6) is 0 Å². The van der Waals surface area contributed by atoms with E-state index in [1.807, 2.05) is 0 Å². The summed E-state index contributed by atoms with van der Waals surface area (Å²) in [6.45, 7) is 4.01. The maximum atomic E-state index is 13.6. The van der Waals surface area contributed by atoms with Gasteiger partial charge in [-0.15, -0.1) is 0 Å². The van der Waals surface area contributed by atoms with Gasteiger partial charge >= 0.3 is 0 Å². The van der Waals surface area contributed by atoms with Crippen LogP contribution in [-0.2, 0) is 24.0 Å². The highest BCUT2D eigenvalue weighted by Crippen LogP contribution is 2.20. The Bertz CT molecular complexity index is 877. The van der Waals surface area contributed by atoms with Crippen LogP contribution in [0.4, 0.5) is 0 Å². The molecular weight excluding hydrogens is 482 g/mol. The molecule has 0 spiro atoms. The Balaban J connectivity index is 2.37. The molecule has 0 saturated carbocycles. The second-order valence-corrected chi connectivity index (χ2v) is 9.51. The second kappa shape index (κ2) is 14.4. The molecule has 2 aliphatic heterocycles. The average Bonchev–Trinajstić information content (AvgIpc) is 3.34. The number of guanidine groups is 1. The number of carbonyl (C=O) groups is 5. The Morgan fingerprint density at radius 2 is 1.43 bits per heavy atom. The molecule has 5 atom stereocenters. The van der Waals surface area contributed by atoms with E-state index >= 15 is 0 Å². The number of nitrogens with zero attached hydrogens (tertiary/aromatic N) is 2. The molecule has 10 N–H and O–H groups in total. The molecule has 208 valence electrons. The zero-order valence-corrected chi connectivity index (χ0v) is 21.6. The molecule has 37 heavy (non-hydrogen) atoms. The van der Waals surface area contributed by atoms with Crippen molar-refractivity contribution in [3.63, 3.8) is 0 Å². The maximum Gasteiger partial charge on any atom is 0.245 e. The first-order chi connectivity index (χ1) is 17.5. The van der Waals surface area contributed by atoms with Gasteiger partial charge in [-0.2, -0.15) is 0 Å². The van der Waals surface area contributed by atoms with Crippen molar-refractivity contribution in [3.8, 4) is 0 Å². The van der Waals surface area contributed by atoms with Crippen LogP contribution in [0.2, 0.25) is 0 Å². The van der Waals surface area contributed by atoms with Crippen molar-refractivity contribution >= 4 is 35.5 Å². The summed E-state index contributed by atoms with van der Waals surface area (Å²) in [6, 6.07) is -4.56. The molecule has 0 aliphatic carbocycles. The van der Waals surface area contributed by atoms with E-state index in [1.165, 1.54) is 18.7 Å². The molecule has 0 bridgehead atoms. The number of fused-ring (bicyclic) bond motifs is 1. The fraction of sp³-hybridized carbons (Fsp3) is 0.739. The Hall–Kier alpha value is -3.42. The first kappa shape index (κ1) is 29.8. The Morgan fingerprint density at radius 3 is 2.08 bits per heavy atom. The first-order valence-electron chi connectivity index (χ1n) is 12.8. The van der Waals surface area contributed by atoms with Crippen LogP contribution in [0.3, 0.4) is 0 Å². The molecule has 2 saturated heterocycles. The van der Waals surface area contributed by atoms with Crippen molar-refractivity contribution in [2.75, 3.05) is 19.6 Å². The van der Waals surface area contributed by atoms with E-state index in [9.17, 15) is 24.0 Å². The maximum absolute atomic E-state index is 13.6. The van der Waals surface area contributed by atoms with Crippen LogP contribution < -0.4 is 38.5 Å². The predicted molar refractivity (Wildman–Crippen MR) is 137 cm³/mol. The fourth-order valence-corrected chi connectivity index (χ4v) is 4.37. The van der Waals surface area contributed by atoms with Crippen molar-refractivity contribution in [1.29, 1.82) is 0 Å². The zero-order valence-electron chi connectivity index (χ0n) is 21.6. The summed E-state index contributed by atoms with van der Waals surface area (Å²) in [4.78, 5) is 70.6. The summed E-state index contributed by atoms with van der Waals surface area (Å²) in [5.41, 5.74) is 16.4. The quantitative estimate of drug-likeness (QED) is 0.0992. The minimum Gasteiger partial charge on any atom is -0.370 e. The highest BCUT2D eigenvalue weighted by Gasteiger charge is 2.39. The third-order valence-corrected chi connectivity index (χ3v) is 6.48. The normalized spacial score (nSPS) is 27.7. The zero-order chi connectivity index (χ0) is 27.5. The van der Waals surface area contributed by atoms with E-state index in [4.69, 9.17) is 17.2 Å². The van der Waals surface area contributed by atoms with Crippen molar-refractivity contribution in [3.05, 3.63) is 0 Å². The Kier molecular flexibility index (Phi) is 11.6. The van der Waals surface area contributed by atoms with Gasteiger partial charge in [-0.3, -0.25) is 29.0 Å². The lowest BCUT2D eigenvalue weighted by atomic mass is 10.0. The van der Waals surface area contributed by atoms with Crippen molar-refractivity contribution in [1.82, 2.24) is 26.2 Å². The topological polar surface area (TPSA) is 227 Å². The van der Waals surface area contributed by atoms with Crippen LogP contribution in [0.1, 0.15) is 58.8 Å². The van der Waals surface area contributed by atoms with Gasteiger partial charge in [0.2, 0.25) is 29.5 Å². The van der Waals surface area contributed by atoms with Crippen molar-refractivity contribution in [2.24, 2.45) is 22.2 Å². The SMILES string of the molecule is C[C@@H]1NC(=O)[C@H](C)NC(=O)[C@H]2CCCN2C(=O)[C@H](CCCN=C(N)N)NC(=O)[C@H](CCCCN)NC1=O. The standard InChI is InChI=1S/C23H41N9O5/c1-13-18(33)28-14(2)19(34)30-15(7-3-4-10-24)20(35)31-16(8-5-11-27-23(25)26)22(37)32-12-6-9-17(32)21(36)29-13/h13-17H,3-12,24H2,1-2H3,(H,28,33)(H,29,36)(H,30,34)(H,31,35)(H4,25,26,27)/t13-,14-,15-,16-,17+/m0/s1. The number of unbranched alkanes of at least 4 members (excludes halogenated alkanes) is 1. The minimum absolute atomic E-state index is 0.0808. The van der Waals surface area contributed by atoms with Gasteiger partial charge in [-0.05, 0) is 65.3 Å². The largest absolute Gasteiger partial charge is 0.370 e. The van der Waals surface area contributed by atoms with E-state index in [2.05, 4.69) is 26.3 Å². The monoisotopic (exact) mass is 523 g/mol. The van der Waals surface area contributed by atoms with Crippen LogP contribution in [0.15, 0.2) is 4.99 Å². The molecule has 0 radical (unpaired) electrons. The lowest BCUT2D eigenvalue weighted by Crippen LogP contribution is -2.57. The fourth-order valence-electron chi connectivity index (χ4n) is 4.37. The molecule has 14 nitrogen and oxygen atoms in total. The van der Waals surface area contributed by atoms with Crippen LogP contribution in [0.25, 0.3) is 0 Å². The molecule has 0 aromatic heterocycles. The average molecular weight is 524 g/mol. The van der Waals surface area contributed by atoms with Gasteiger partial charge in [0, 0.05) is 13.1 Å². The molecular formula is C23H41N9O5. The lowest BCUT2D eigenvalue weighted by Gasteiger charge is -2.30. The van der Waals surface area contributed by atoms with E-state index in [1.54, 1.807) is 0 Å². The van der Waals surface area contributed by atoms with Gasteiger partial charge in [0.05, 0.1) is 0 Å². The summed E-state index contributed by atoms with van der Waals surface area (Å²) in [5, 5.41) is 10.7. The predicted octanol–water partition coefficient (Wildman–Crippen LogP) is -2.85. The summed E-state index contributed by atoms with van der Waals surface area (Å²) in [7, 11) is 0. The van der Waals surface area contributed by atoms with Crippen LogP contribution in [0, 0.1) is 0 Å². The number of aliphatic imine (C=N–C) groups is 1. The van der Waals surface area contributed by atoms with E-state index < -0.39 is 59.7 Å². The number of amides is 5. The number of rotatable bonds is 8. The third-order valence-electron chi connectivity index (χ3n) is 6.48. The highest BCUT2D eigenvalue weighted by molar-refractivity contribution is 5.97. The van der Waals surface area contributed by atoms with Crippen molar-refractivity contribution in [2.45, 2.75) is 89.0 Å². The molecule has 2 rings (SSSR count). The second-order valence-electron chi connectivity index (χ2n) is 9.51. The molecule has 5 amide bonds. The Morgan fingerprint density at radius 1 is 0.838 bits per heavy atom. The Labute approximate surface area is 216 Å². The number of nitrogens with one attached hydrogen (secondary N) is 4. The molecule has 14 heteroatoms. The van der Waals surface area contributed by atoms with Crippen LogP contribution in [-0.4, -0.2) is 90.2 Å². The first-order valence-corrected chi connectivity index (χ1v) is 12.8. The number of hydrogen-bond donors (Lipinski definition) is 7. The van der Waals surface area contributed by atoms with Gasteiger partial charge < -0.3 is 43.4 Å². The van der Waals surface area contributed by atoms with E-state index in [0.29, 0.717) is 51.6 Å². The third kappa shape index (κ3) is 8.88. The number of carbonyl (C=O) groups excluding carboxylic acids is 5. The van der Waals surface area contributed by atoms with E-state index in [-0.39, 0.29) is 18.9 Å². The smallest absolute Gasteiger partial charge is 0.245 e. The van der Waals surface area contributed by atoms with Gasteiger partial charge in [0.1, 0.15) is 30.2 Å². The van der Waals surface area contributed by atoms with Crippen LogP contribution >= 0.6 is 0 Å². The van der Waals surface area contributed by atoms with Gasteiger partial charge in [-0.1, -0.05) is 0 Å². The molecule has 2 aliphatic rings. The van der Waals surface area contributed by atoms with E-state index in [0.717, 1.165) is 0 Å². The van der Waals surface area contributed by atoms with Crippen molar-refractivity contribution < 1.29 is 24.0 Å². The molecule has 0 aromatic rings. The van der Waals surface area contributed by atoms with Gasteiger partial charge in [0.25, 0.3) is 0 Å². The number of hydrogen-bond acceptors (Lipinski definition) is 7. The molecule has 0 unspecified atom stereocenters. The summed E-state index contributed by atoms with van der Waals surface area (Å²) >= 11 is 0. The molecule has 2 fully saturated rings. The molecule has 0 aromatic carbocycles. The lowest BCUT2D eigenvalue weighted by molar-refractivity contribution is -0.142. The summed E-state index contributed by atoms with van der Waals surface area (Å²) in [5.74, 6) is -2.61. The summed E-state index contributed by atoms with van der Waals surface area (Å²) < 4.78 is 0. The minimum atomic E-state index is -0.957. The molecule has 2 heterocycles. The number of nitrogens with two attached hydrogens (primary N) is 3. The summed E-state index contributed by atoms with van der Waals surface area (Å²) in [6.07, 6.45) is 3.17. The van der Waals surface area contributed by atoms with Gasteiger partial charge in [0.15, 0.2) is 5.96 Å².